The van der Waals surface area contributed by atoms with E-state index in [0.717, 1.165) is 35.3 Å². The number of Topliss-reactive ketones (excluding diaryl/α,β-unsaturated/α-hetero) is 1. The maximum absolute atomic E-state index is 11.9. The van der Waals surface area contributed by atoms with Crippen molar-refractivity contribution in [3.63, 3.8) is 0 Å². The van der Waals surface area contributed by atoms with E-state index >= 15 is 0 Å². The van der Waals surface area contributed by atoms with Crippen molar-refractivity contribution in [3.05, 3.63) is 45.1 Å². The van der Waals surface area contributed by atoms with Crippen molar-refractivity contribution in [1.82, 2.24) is 14.9 Å². The normalized spacial score (nSPS) is 14.1. The van der Waals surface area contributed by atoms with Crippen LogP contribution in [0.15, 0.2) is 18.2 Å². The van der Waals surface area contributed by atoms with Gasteiger partial charge in [0.1, 0.15) is 16.4 Å². The molecule has 4 rings (SSSR count). The van der Waals surface area contributed by atoms with Crippen LogP contribution in [0.3, 0.4) is 0 Å². The van der Waals surface area contributed by atoms with Crippen molar-refractivity contribution in [3.8, 4) is 5.75 Å². The molecule has 0 saturated carbocycles. The van der Waals surface area contributed by atoms with Crippen LogP contribution in [-0.4, -0.2) is 41.4 Å². The van der Waals surface area contributed by atoms with E-state index in [4.69, 9.17) is 16.3 Å². The molecule has 0 unspecified atom stereocenters. The summed E-state index contributed by atoms with van der Waals surface area (Å²) in [4.78, 5) is 25.5. The Labute approximate surface area is 172 Å². The summed E-state index contributed by atoms with van der Waals surface area (Å²) in [7, 11) is 3.71. The van der Waals surface area contributed by atoms with Gasteiger partial charge in [-0.2, -0.15) is 0 Å². The molecule has 146 valence electrons. The molecule has 0 atom stereocenters. The summed E-state index contributed by atoms with van der Waals surface area (Å²) < 4.78 is 5.21. The number of ether oxygens (including phenoxy) is 1. The third-order valence-corrected chi connectivity index (χ3v) is 6.29. The number of nitrogens with one attached hydrogen (secondary N) is 1. The minimum atomic E-state index is -0.138. The fraction of sp³-hybridized carbons (Fsp3) is 0.350. The van der Waals surface area contributed by atoms with Gasteiger partial charge in [0.05, 0.1) is 17.5 Å². The largest absolute Gasteiger partial charge is 0.495 e. The lowest BCUT2D eigenvalue weighted by Crippen LogP contribution is -2.25. The molecule has 2 aromatic heterocycles. The van der Waals surface area contributed by atoms with E-state index < -0.39 is 0 Å². The number of ketones is 1. The Hall–Kier alpha value is -2.22. The number of carbonyl (C=O) groups is 1. The summed E-state index contributed by atoms with van der Waals surface area (Å²) in [6.07, 6.45) is 0.956. The molecule has 1 aromatic carbocycles. The average molecular weight is 417 g/mol. The molecular weight excluding hydrogens is 396 g/mol. The first-order chi connectivity index (χ1) is 13.5. The van der Waals surface area contributed by atoms with Gasteiger partial charge in [0, 0.05) is 31.4 Å². The van der Waals surface area contributed by atoms with Crippen molar-refractivity contribution in [1.29, 1.82) is 0 Å². The molecule has 0 fully saturated rings. The second-order valence-corrected chi connectivity index (χ2v) is 8.44. The van der Waals surface area contributed by atoms with Gasteiger partial charge in [-0.3, -0.25) is 4.79 Å². The van der Waals surface area contributed by atoms with Gasteiger partial charge in [0.2, 0.25) is 0 Å². The number of hydrogen-bond acceptors (Lipinski definition) is 7. The Morgan fingerprint density at radius 1 is 1.39 bits per heavy atom. The molecule has 1 aliphatic rings. The van der Waals surface area contributed by atoms with Gasteiger partial charge in [-0.1, -0.05) is 17.7 Å². The molecule has 28 heavy (non-hydrogen) atoms. The van der Waals surface area contributed by atoms with Crippen LogP contribution in [-0.2, 0) is 19.5 Å². The first-order valence-corrected chi connectivity index (χ1v) is 10.2. The van der Waals surface area contributed by atoms with Crippen LogP contribution in [0.25, 0.3) is 10.2 Å². The number of likely N-dealkylation sites (N-methyl/N-ethyl adjacent to an activating group) is 1. The first-order valence-electron chi connectivity index (χ1n) is 9.04. The Balaban J connectivity index is 1.72. The van der Waals surface area contributed by atoms with Crippen LogP contribution in [0.5, 0.6) is 5.75 Å². The Bertz CT molecular complexity index is 1070. The molecule has 1 aliphatic heterocycles. The smallest absolute Gasteiger partial charge is 0.199 e. The molecule has 0 aliphatic carbocycles. The molecule has 0 bridgehead atoms. The predicted octanol–water partition coefficient (Wildman–Crippen LogP) is 4.16. The molecule has 1 N–H and O–H groups in total. The molecule has 0 spiro atoms. The number of methoxy groups -OCH3 is 1. The highest BCUT2D eigenvalue weighted by atomic mass is 35.5. The Kier molecular flexibility index (Phi) is 5.23. The highest BCUT2D eigenvalue weighted by Gasteiger charge is 2.23. The van der Waals surface area contributed by atoms with Gasteiger partial charge in [0.15, 0.2) is 11.6 Å². The molecule has 0 saturated heterocycles. The summed E-state index contributed by atoms with van der Waals surface area (Å²) in [5, 5.41) is 5.01. The predicted molar refractivity (Wildman–Crippen MR) is 113 cm³/mol. The number of thiophene rings is 1. The van der Waals surface area contributed by atoms with E-state index in [1.807, 2.05) is 18.2 Å². The standard InChI is InChI=1S/C20H21ClN4O2S/c1-11(26)18-23-19(22-9-12-4-5-15(27-3)14(21)8-12)17-13-6-7-25(2)10-16(13)28-20(17)24-18/h4-5,8H,6-7,9-10H2,1-3H3,(H,22,23,24). The number of fused-ring (bicyclic) bond motifs is 3. The molecule has 0 radical (unpaired) electrons. The van der Waals surface area contributed by atoms with E-state index in [0.29, 0.717) is 23.1 Å². The molecular formula is C20H21ClN4O2S. The van der Waals surface area contributed by atoms with Crippen LogP contribution in [0, 0.1) is 0 Å². The summed E-state index contributed by atoms with van der Waals surface area (Å²) >= 11 is 7.89. The van der Waals surface area contributed by atoms with Gasteiger partial charge < -0.3 is 15.0 Å². The van der Waals surface area contributed by atoms with E-state index in [1.54, 1.807) is 18.4 Å². The Morgan fingerprint density at radius 2 is 2.21 bits per heavy atom. The van der Waals surface area contributed by atoms with Gasteiger partial charge in [0.25, 0.3) is 0 Å². The third-order valence-electron chi connectivity index (χ3n) is 4.88. The lowest BCUT2D eigenvalue weighted by Gasteiger charge is -2.22. The summed E-state index contributed by atoms with van der Waals surface area (Å²) in [5.74, 6) is 1.46. The monoisotopic (exact) mass is 416 g/mol. The lowest BCUT2D eigenvalue weighted by atomic mass is 10.1. The van der Waals surface area contributed by atoms with Crippen LogP contribution < -0.4 is 10.1 Å². The van der Waals surface area contributed by atoms with E-state index in [1.165, 1.54) is 17.4 Å². The van der Waals surface area contributed by atoms with Crippen LogP contribution in [0.4, 0.5) is 5.82 Å². The number of hydrogen-bond donors (Lipinski definition) is 1. The quantitative estimate of drug-likeness (QED) is 0.630. The topological polar surface area (TPSA) is 67.3 Å². The van der Waals surface area contributed by atoms with Crippen molar-refractivity contribution >= 4 is 44.8 Å². The maximum Gasteiger partial charge on any atom is 0.199 e. The maximum atomic E-state index is 11.9. The second kappa shape index (κ2) is 7.66. The van der Waals surface area contributed by atoms with Crippen molar-refractivity contribution in [2.75, 3.05) is 26.0 Å². The SMILES string of the molecule is COc1ccc(CNc2nc(C(C)=O)nc3sc4c(c23)CCN(C)C4)cc1Cl. The van der Waals surface area contributed by atoms with Crippen LogP contribution in [0.2, 0.25) is 5.02 Å². The average Bonchev–Trinajstić information content (AvgIpc) is 3.03. The number of anilines is 1. The summed E-state index contributed by atoms with van der Waals surface area (Å²) in [6, 6.07) is 5.67. The highest BCUT2D eigenvalue weighted by molar-refractivity contribution is 7.19. The van der Waals surface area contributed by atoms with Crippen molar-refractivity contribution in [2.24, 2.45) is 0 Å². The van der Waals surface area contributed by atoms with Gasteiger partial charge in [-0.25, -0.2) is 9.97 Å². The second-order valence-electron chi connectivity index (χ2n) is 6.95. The number of rotatable bonds is 5. The lowest BCUT2D eigenvalue weighted by molar-refractivity contribution is 0.100. The molecule has 6 nitrogen and oxygen atoms in total. The zero-order valence-corrected chi connectivity index (χ0v) is 17.6. The molecule has 0 amide bonds. The summed E-state index contributed by atoms with van der Waals surface area (Å²) in [5.41, 5.74) is 2.30. The molecule has 3 heterocycles. The Morgan fingerprint density at radius 3 is 2.93 bits per heavy atom. The fourth-order valence-electron chi connectivity index (χ4n) is 3.41. The highest BCUT2D eigenvalue weighted by Crippen LogP contribution is 2.37. The molecule has 3 aromatic rings. The van der Waals surface area contributed by atoms with Gasteiger partial charge in [-0.15, -0.1) is 11.3 Å². The van der Waals surface area contributed by atoms with Gasteiger partial charge in [-0.05, 0) is 36.7 Å². The van der Waals surface area contributed by atoms with Crippen molar-refractivity contribution in [2.45, 2.75) is 26.4 Å². The number of halogens is 1. The van der Waals surface area contributed by atoms with Crippen LogP contribution in [0.1, 0.15) is 33.5 Å². The van der Waals surface area contributed by atoms with Gasteiger partial charge >= 0.3 is 0 Å². The first kappa shape index (κ1) is 19.1. The number of nitrogens with zero attached hydrogens (tertiary/aromatic N) is 3. The summed E-state index contributed by atoms with van der Waals surface area (Å²) in [6.45, 7) is 3.94. The number of aromatic nitrogens is 2. The van der Waals surface area contributed by atoms with Crippen LogP contribution >= 0.6 is 22.9 Å². The third kappa shape index (κ3) is 3.57. The van der Waals surface area contributed by atoms with E-state index in [9.17, 15) is 4.79 Å². The van der Waals surface area contributed by atoms with Crippen molar-refractivity contribution < 1.29 is 9.53 Å². The number of carbonyl (C=O) groups excluding carboxylic acids is 1. The minimum Gasteiger partial charge on any atom is -0.495 e. The fourth-order valence-corrected chi connectivity index (χ4v) is 4.99. The zero-order valence-electron chi connectivity index (χ0n) is 16.0. The number of benzene rings is 1. The van der Waals surface area contributed by atoms with E-state index in [-0.39, 0.29) is 11.6 Å². The molecule has 8 heteroatoms. The zero-order chi connectivity index (χ0) is 19.8. The van der Waals surface area contributed by atoms with E-state index in [2.05, 4.69) is 27.2 Å². The minimum absolute atomic E-state index is 0.138.